The highest BCUT2D eigenvalue weighted by Crippen LogP contribution is 2.13. The molecular weight excluding hydrogens is 312 g/mol. The predicted octanol–water partition coefficient (Wildman–Crippen LogP) is 3.26. The summed E-state index contributed by atoms with van der Waals surface area (Å²) in [6, 6.07) is 19.6. The van der Waals surface area contributed by atoms with Gasteiger partial charge in [0.1, 0.15) is 0 Å². The van der Waals surface area contributed by atoms with E-state index in [-0.39, 0.29) is 5.91 Å². The summed E-state index contributed by atoms with van der Waals surface area (Å²) in [7, 11) is 0. The molecule has 0 saturated heterocycles. The molecule has 1 amide bonds. The Balaban J connectivity index is 1.42. The minimum absolute atomic E-state index is 0.0783. The first kappa shape index (κ1) is 15.2. The topological polar surface area (TPSA) is 51.9 Å². The summed E-state index contributed by atoms with van der Waals surface area (Å²) in [5, 5.41) is 8.45. The van der Waals surface area contributed by atoms with Crippen LogP contribution < -0.4 is 5.32 Å². The van der Waals surface area contributed by atoms with Gasteiger partial charge in [0.05, 0.1) is 18.3 Å². The maximum Gasteiger partial charge on any atom is 0.251 e. The molecule has 25 heavy (non-hydrogen) atoms. The van der Waals surface area contributed by atoms with Crippen LogP contribution in [0.1, 0.15) is 10.4 Å². The molecule has 0 fully saturated rings. The van der Waals surface area contributed by atoms with E-state index >= 15 is 0 Å². The number of nitrogens with zero attached hydrogens (tertiary/aromatic N) is 3. The Bertz CT molecular complexity index is 1000. The van der Waals surface area contributed by atoms with E-state index in [4.69, 9.17) is 0 Å². The lowest BCUT2D eigenvalue weighted by atomic mass is 10.2. The van der Waals surface area contributed by atoms with E-state index in [0.29, 0.717) is 18.7 Å². The van der Waals surface area contributed by atoms with Crippen LogP contribution in [-0.4, -0.2) is 26.8 Å². The second kappa shape index (κ2) is 6.65. The molecule has 2 aromatic carbocycles. The lowest BCUT2D eigenvalue weighted by molar-refractivity contribution is 0.0952. The summed E-state index contributed by atoms with van der Waals surface area (Å²) in [5.74, 6) is -0.0783. The zero-order valence-corrected chi connectivity index (χ0v) is 13.7. The normalized spacial score (nSPS) is 10.9. The van der Waals surface area contributed by atoms with E-state index in [1.54, 1.807) is 0 Å². The summed E-state index contributed by atoms with van der Waals surface area (Å²) in [6.45, 7) is 1.16. The molecule has 1 N–H and O–H groups in total. The monoisotopic (exact) mass is 330 g/mol. The zero-order valence-electron chi connectivity index (χ0n) is 13.7. The number of carbonyl (C=O) groups is 1. The number of fused-ring (bicyclic) bond motifs is 1. The Labute approximate surface area is 145 Å². The van der Waals surface area contributed by atoms with Crippen molar-refractivity contribution in [1.82, 2.24) is 19.7 Å². The molecule has 124 valence electrons. The summed E-state index contributed by atoms with van der Waals surface area (Å²) < 4.78 is 3.89. The van der Waals surface area contributed by atoms with E-state index in [9.17, 15) is 4.79 Å². The molecule has 5 heteroatoms. The molecule has 0 atom stereocenters. The smallest absolute Gasteiger partial charge is 0.251 e. The molecular formula is C20H18N4O. The molecule has 0 radical (unpaired) electrons. The molecule has 5 nitrogen and oxygen atoms in total. The number of nitrogens with one attached hydrogen (secondary N) is 1. The standard InChI is InChI=1S/C20H18N4O/c25-20(16-7-5-8-18(14-16)23-11-3-4-12-23)21-10-13-24-19-9-2-1-6-17(19)15-22-24/h1-9,11-12,14-15H,10,13H2,(H,21,25). The lowest BCUT2D eigenvalue weighted by Gasteiger charge is -2.08. The summed E-state index contributed by atoms with van der Waals surface area (Å²) in [5.41, 5.74) is 2.69. The van der Waals surface area contributed by atoms with Crippen molar-refractivity contribution >= 4 is 16.8 Å². The van der Waals surface area contributed by atoms with Gasteiger partial charge in [-0.15, -0.1) is 0 Å². The minimum atomic E-state index is -0.0783. The van der Waals surface area contributed by atoms with Crippen LogP contribution in [0.4, 0.5) is 0 Å². The highest BCUT2D eigenvalue weighted by atomic mass is 16.1. The fourth-order valence-electron chi connectivity index (χ4n) is 2.90. The van der Waals surface area contributed by atoms with Crippen molar-refractivity contribution < 1.29 is 4.79 Å². The van der Waals surface area contributed by atoms with Crippen molar-refractivity contribution in [2.24, 2.45) is 0 Å². The minimum Gasteiger partial charge on any atom is -0.350 e. The molecule has 0 saturated carbocycles. The molecule has 0 aliphatic carbocycles. The van der Waals surface area contributed by atoms with Gasteiger partial charge in [0.15, 0.2) is 0 Å². The number of benzene rings is 2. The van der Waals surface area contributed by atoms with E-state index in [1.807, 2.05) is 88.5 Å². The van der Waals surface area contributed by atoms with Crippen LogP contribution in [0.5, 0.6) is 0 Å². The fourth-order valence-corrected chi connectivity index (χ4v) is 2.90. The average molecular weight is 330 g/mol. The van der Waals surface area contributed by atoms with Gasteiger partial charge in [0.25, 0.3) is 5.91 Å². The van der Waals surface area contributed by atoms with Gasteiger partial charge in [-0.1, -0.05) is 24.3 Å². The maximum absolute atomic E-state index is 12.4. The Morgan fingerprint density at radius 1 is 1.00 bits per heavy atom. The number of hydrogen-bond acceptors (Lipinski definition) is 2. The van der Waals surface area contributed by atoms with Crippen LogP contribution in [0.25, 0.3) is 16.6 Å². The molecule has 0 aliphatic rings. The number of rotatable bonds is 5. The van der Waals surface area contributed by atoms with Crippen molar-refractivity contribution in [3.63, 3.8) is 0 Å². The molecule has 4 aromatic rings. The first-order chi connectivity index (χ1) is 12.3. The third-order valence-corrected chi connectivity index (χ3v) is 4.17. The number of amides is 1. The Kier molecular flexibility index (Phi) is 4.04. The van der Waals surface area contributed by atoms with Crippen LogP contribution >= 0.6 is 0 Å². The highest BCUT2D eigenvalue weighted by molar-refractivity contribution is 5.94. The molecule has 0 aliphatic heterocycles. The number of hydrogen-bond donors (Lipinski definition) is 1. The van der Waals surface area contributed by atoms with Crippen LogP contribution in [0, 0.1) is 0 Å². The largest absolute Gasteiger partial charge is 0.350 e. The van der Waals surface area contributed by atoms with E-state index in [2.05, 4.69) is 10.4 Å². The molecule has 0 bridgehead atoms. The zero-order chi connectivity index (χ0) is 17.1. The fraction of sp³-hybridized carbons (Fsp3) is 0.100. The van der Waals surface area contributed by atoms with Crippen LogP contribution in [0.2, 0.25) is 0 Å². The van der Waals surface area contributed by atoms with Crippen molar-refractivity contribution in [1.29, 1.82) is 0 Å². The Morgan fingerprint density at radius 3 is 2.72 bits per heavy atom. The number of para-hydroxylation sites is 1. The Morgan fingerprint density at radius 2 is 1.84 bits per heavy atom. The Hall–Kier alpha value is -3.34. The number of aromatic nitrogens is 3. The second-order valence-corrected chi connectivity index (χ2v) is 5.82. The highest BCUT2D eigenvalue weighted by Gasteiger charge is 2.07. The van der Waals surface area contributed by atoms with Gasteiger partial charge in [0, 0.05) is 35.6 Å². The molecule has 2 aromatic heterocycles. The second-order valence-electron chi connectivity index (χ2n) is 5.82. The van der Waals surface area contributed by atoms with Crippen LogP contribution in [0.15, 0.2) is 79.3 Å². The van der Waals surface area contributed by atoms with Crippen LogP contribution in [-0.2, 0) is 6.54 Å². The quantitative estimate of drug-likeness (QED) is 0.611. The van der Waals surface area contributed by atoms with Gasteiger partial charge in [-0.2, -0.15) is 5.10 Å². The van der Waals surface area contributed by atoms with Gasteiger partial charge in [-0.3, -0.25) is 9.48 Å². The third-order valence-electron chi connectivity index (χ3n) is 4.17. The third kappa shape index (κ3) is 3.17. The summed E-state index contributed by atoms with van der Waals surface area (Å²) >= 11 is 0. The van der Waals surface area contributed by atoms with Gasteiger partial charge < -0.3 is 9.88 Å². The first-order valence-corrected chi connectivity index (χ1v) is 8.23. The van der Waals surface area contributed by atoms with E-state index < -0.39 is 0 Å². The van der Waals surface area contributed by atoms with Crippen LogP contribution in [0.3, 0.4) is 0 Å². The molecule has 2 heterocycles. The summed E-state index contributed by atoms with van der Waals surface area (Å²) in [6.07, 6.45) is 5.76. The van der Waals surface area contributed by atoms with E-state index in [0.717, 1.165) is 16.6 Å². The van der Waals surface area contributed by atoms with Gasteiger partial charge in [-0.05, 0) is 36.4 Å². The van der Waals surface area contributed by atoms with E-state index in [1.165, 1.54) is 0 Å². The van der Waals surface area contributed by atoms with Crippen molar-refractivity contribution in [3.8, 4) is 5.69 Å². The molecule has 0 spiro atoms. The van der Waals surface area contributed by atoms with Gasteiger partial charge >= 0.3 is 0 Å². The predicted molar refractivity (Wildman–Crippen MR) is 97.8 cm³/mol. The SMILES string of the molecule is O=C(NCCn1ncc2ccccc21)c1cccc(-n2cccc2)c1. The first-order valence-electron chi connectivity index (χ1n) is 8.23. The average Bonchev–Trinajstić information content (AvgIpc) is 3.32. The van der Waals surface area contributed by atoms with Gasteiger partial charge in [-0.25, -0.2) is 0 Å². The number of carbonyl (C=O) groups excluding carboxylic acids is 1. The van der Waals surface area contributed by atoms with Gasteiger partial charge in [0.2, 0.25) is 0 Å². The maximum atomic E-state index is 12.4. The van der Waals surface area contributed by atoms with Crippen molar-refractivity contribution in [3.05, 3.63) is 84.8 Å². The summed E-state index contributed by atoms with van der Waals surface area (Å²) in [4.78, 5) is 12.4. The molecule has 4 rings (SSSR count). The van der Waals surface area contributed by atoms with Crippen molar-refractivity contribution in [2.75, 3.05) is 6.54 Å². The van der Waals surface area contributed by atoms with Crippen molar-refractivity contribution in [2.45, 2.75) is 6.54 Å². The molecule has 0 unspecified atom stereocenters. The lowest BCUT2D eigenvalue weighted by Crippen LogP contribution is -2.27.